The minimum Gasteiger partial charge on any atom is -0.326 e. The molecule has 0 atom stereocenters. The Morgan fingerprint density at radius 2 is 1.85 bits per heavy atom. The number of rotatable bonds is 4. The van der Waals surface area contributed by atoms with Gasteiger partial charge in [0.15, 0.2) is 5.65 Å². The lowest BCUT2D eigenvalue weighted by atomic mass is 9.75. The maximum absolute atomic E-state index is 14.5. The van der Waals surface area contributed by atoms with E-state index in [0.717, 1.165) is 36.8 Å². The summed E-state index contributed by atoms with van der Waals surface area (Å²) in [5, 5.41) is 0. The molecule has 1 saturated carbocycles. The van der Waals surface area contributed by atoms with E-state index in [4.69, 9.17) is 0 Å². The van der Waals surface area contributed by atoms with Crippen molar-refractivity contribution in [3.05, 3.63) is 97.5 Å². The third-order valence-electron chi connectivity index (χ3n) is 6.88. The fourth-order valence-electron chi connectivity index (χ4n) is 5.17. The topological polar surface area (TPSA) is 93.5 Å². The van der Waals surface area contributed by atoms with Gasteiger partial charge in [-0.1, -0.05) is 12.1 Å². The van der Waals surface area contributed by atoms with E-state index in [9.17, 15) is 14.0 Å². The maximum Gasteiger partial charge on any atom is 0.271 e. The van der Waals surface area contributed by atoms with Crippen molar-refractivity contribution < 1.29 is 4.39 Å². The molecule has 5 rings (SSSR count). The summed E-state index contributed by atoms with van der Waals surface area (Å²) < 4.78 is 16.0. The average molecular weight is 460 g/mol. The van der Waals surface area contributed by atoms with E-state index < -0.39 is 0 Å². The van der Waals surface area contributed by atoms with Crippen molar-refractivity contribution in [3.63, 3.8) is 0 Å². The normalized spacial score (nSPS) is 18.3. The van der Waals surface area contributed by atoms with Crippen molar-refractivity contribution in [2.24, 2.45) is 0 Å². The third-order valence-corrected chi connectivity index (χ3v) is 6.88. The van der Waals surface area contributed by atoms with Gasteiger partial charge in [0.05, 0.1) is 12.2 Å². The van der Waals surface area contributed by atoms with Crippen molar-refractivity contribution in [3.8, 4) is 0 Å². The number of H-pyrrole nitrogens is 1. The van der Waals surface area contributed by atoms with E-state index in [1.807, 2.05) is 26.0 Å². The number of fused-ring (bicyclic) bond motifs is 1. The molecule has 0 saturated heterocycles. The van der Waals surface area contributed by atoms with Crippen LogP contribution in [0.1, 0.15) is 65.6 Å². The van der Waals surface area contributed by atoms with Crippen LogP contribution in [-0.4, -0.2) is 24.5 Å². The van der Waals surface area contributed by atoms with Crippen LogP contribution < -0.4 is 11.1 Å². The smallest absolute Gasteiger partial charge is 0.271 e. The molecule has 0 unspecified atom stereocenters. The number of hydrogen-bond acceptors (Lipinski definition) is 5. The van der Waals surface area contributed by atoms with Gasteiger partial charge in [0.25, 0.3) is 11.1 Å². The van der Waals surface area contributed by atoms with Crippen LogP contribution in [0.2, 0.25) is 0 Å². The Labute approximate surface area is 195 Å². The van der Waals surface area contributed by atoms with Crippen LogP contribution in [0, 0.1) is 19.7 Å². The van der Waals surface area contributed by atoms with Gasteiger partial charge >= 0.3 is 0 Å². The lowest BCUT2D eigenvalue weighted by molar-refractivity contribution is 0.384. The molecule has 8 heteroatoms. The van der Waals surface area contributed by atoms with Crippen LogP contribution in [0.3, 0.4) is 0 Å². The summed E-state index contributed by atoms with van der Waals surface area (Å²) >= 11 is 0. The Bertz CT molecular complexity index is 1460. The van der Waals surface area contributed by atoms with E-state index in [0.29, 0.717) is 22.4 Å². The number of nitrogens with zero attached hydrogens (tertiary/aromatic N) is 4. The van der Waals surface area contributed by atoms with Gasteiger partial charge in [-0.2, -0.15) is 0 Å². The number of aromatic amines is 1. The van der Waals surface area contributed by atoms with Gasteiger partial charge in [-0.05, 0) is 74.6 Å². The first kappa shape index (κ1) is 22.1. The monoisotopic (exact) mass is 459 g/mol. The molecular formula is C26H26FN5O2. The lowest BCUT2D eigenvalue weighted by Crippen LogP contribution is -2.30. The zero-order valence-corrected chi connectivity index (χ0v) is 19.2. The van der Waals surface area contributed by atoms with Crippen molar-refractivity contribution >= 4 is 11.2 Å². The number of aromatic nitrogens is 5. The first-order valence-electron chi connectivity index (χ1n) is 11.6. The highest BCUT2D eigenvalue weighted by atomic mass is 19.1. The molecule has 7 nitrogen and oxygen atoms in total. The lowest BCUT2D eigenvalue weighted by Gasteiger charge is -2.30. The molecule has 1 aliphatic carbocycles. The number of benzene rings is 1. The van der Waals surface area contributed by atoms with E-state index >= 15 is 0 Å². The molecule has 1 fully saturated rings. The van der Waals surface area contributed by atoms with Gasteiger partial charge in [-0.15, -0.1) is 0 Å². The molecule has 3 aromatic heterocycles. The van der Waals surface area contributed by atoms with Crippen molar-refractivity contribution in [1.29, 1.82) is 0 Å². The molecule has 1 aliphatic rings. The summed E-state index contributed by atoms with van der Waals surface area (Å²) in [5.74, 6) is 0.0361. The predicted molar refractivity (Wildman–Crippen MR) is 128 cm³/mol. The first-order valence-corrected chi connectivity index (χ1v) is 11.6. The maximum atomic E-state index is 14.5. The summed E-state index contributed by atoms with van der Waals surface area (Å²) in [6.07, 6.45) is 7.81. The minimum absolute atomic E-state index is 0.0151. The third kappa shape index (κ3) is 4.04. The predicted octanol–water partition coefficient (Wildman–Crippen LogP) is 4.12. The molecule has 1 aromatic carbocycles. The Morgan fingerprint density at radius 3 is 2.59 bits per heavy atom. The Morgan fingerprint density at radius 1 is 1.09 bits per heavy atom. The number of nitrogens with one attached hydrogen (secondary N) is 1. The van der Waals surface area contributed by atoms with Gasteiger partial charge in [0.1, 0.15) is 17.0 Å². The van der Waals surface area contributed by atoms with Crippen LogP contribution >= 0.6 is 0 Å². The highest BCUT2D eigenvalue weighted by Crippen LogP contribution is 2.41. The second-order valence-corrected chi connectivity index (χ2v) is 9.10. The second-order valence-electron chi connectivity index (χ2n) is 9.10. The molecule has 174 valence electrons. The molecule has 1 N–H and O–H groups in total. The van der Waals surface area contributed by atoms with E-state index in [-0.39, 0.29) is 41.0 Å². The van der Waals surface area contributed by atoms with Crippen molar-refractivity contribution in [2.45, 2.75) is 57.9 Å². The van der Waals surface area contributed by atoms with Gasteiger partial charge in [-0.25, -0.2) is 9.37 Å². The Hall–Kier alpha value is -3.68. The molecule has 0 spiro atoms. The molecule has 0 radical (unpaired) electrons. The molecule has 34 heavy (non-hydrogen) atoms. The minimum atomic E-state index is -0.339. The van der Waals surface area contributed by atoms with Crippen LogP contribution in [0.25, 0.3) is 11.2 Å². The highest BCUT2D eigenvalue weighted by molar-refractivity contribution is 5.71. The molecule has 4 aromatic rings. The molecular weight excluding hydrogens is 433 g/mol. The fourth-order valence-corrected chi connectivity index (χ4v) is 5.17. The molecule has 0 amide bonds. The van der Waals surface area contributed by atoms with E-state index in [1.165, 1.54) is 23.0 Å². The number of halogens is 1. The van der Waals surface area contributed by atoms with Crippen molar-refractivity contribution in [2.75, 3.05) is 0 Å². The summed E-state index contributed by atoms with van der Waals surface area (Å²) in [5.41, 5.74) is 3.90. The zero-order chi connectivity index (χ0) is 23.8. The highest BCUT2D eigenvalue weighted by Gasteiger charge is 2.29. The first-order chi connectivity index (χ1) is 16.4. The van der Waals surface area contributed by atoms with Crippen LogP contribution in [0.4, 0.5) is 4.39 Å². The molecule has 0 aliphatic heterocycles. The van der Waals surface area contributed by atoms with Crippen molar-refractivity contribution in [1.82, 2.24) is 24.5 Å². The summed E-state index contributed by atoms with van der Waals surface area (Å²) in [4.78, 5) is 41.7. The zero-order valence-electron chi connectivity index (χ0n) is 19.2. The van der Waals surface area contributed by atoms with Gasteiger partial charge in [0.2, 0.25) is 0 Å². The SMILES string of the molecule is Cc1cnc2cc(C3CCC(c4c(C)cccc4F)CC3)c(=O)n(Cc3ncc[nH]c3=O)c2n1. The summed E-state index contributed by atoms with van der Waals surface area (Å²) in [6.45, 7) is 3.78. The number of aryl methyl sites for hydroxylation is 2. The quantitative estimate of drug-likeness (QED) is 0.496. The Kier molecular flexibility index (Phi) is 5.81. The largest absolute Gasteiger partial charge is 0.326 e. The van der Waals surface area contributed by atoms with Gasteiger partial charge in [0, 0.05) is 24.2 Å². The van der Waals surface area contributed by atoms with Crippen LogP contribution in [0.5, 0.6) is 0 Å². The van der Waals surface area contributed by atoms with Crippen LogP contribution in [-0.2, 0) is 6.54 Å². The average Bonchev–Trinajstić information content (AvgIpc) is 2.82. The molecule has 0 bridgehead atoms. The number of pyridine rings is 1. The van der Waals surface area contributed by atoms with Gasteiger partial charge < -0.3 is 4.98 Å². The fraction of sp³-hybridized carbons (Fsp3) is 0.346. The van der Waals surface area contributed by atoms with Crippen LogP contribution in [0.15, 0.2) is 52.4 Å². The Balaban J connectivity index is 1.52. The number of hydrogen-bond donors (Lipinski definition) is 1. The summed E-state index contributed by atoms with van der Waals surface area (Å²) in [6, 6.07) is 7.05. The van der Waals surface area contributed by atoms with E-state index in [1.54, 1.807) is 12.3 Å². The van der Waals surface area contributed by atoms with E-state index in [2.05, 4.69) is 19.9 Å². The second kappa shape index (κ2) is 8.93. The van der Waals surface area contributed by atoms with Gasteiger partial charge in [-0.3, -0.25) is 24.1 Å². The standard InChI is InChI=1S/C26H26FN5O2/c1-15-4-3-5-20(27)23(15)18-8-6-17(7-9-18)19-12-21-24(31-16(2)13-30-21)32(26(19)34)14-22-25(33)29-11-10-28-22/h3-5,10-13,17-18H,6-9,14H2,1-2H3,(H,29,33). The summed E-state index contributed by atoms with van der Waals surface area (Å²) in [7, 11) is 0. The molecule has 3 heterocycles.